The molecule has 1 aliphatic rings. The van der Waals surface area contributed by atoms with Crippen LogP contribution in [0.5, 0.6) is 11.5 Å². The first-order chi connectivity index (χ1) is 20.2. The van der Waals surface area contributed by atoms with E-state index >= 15 is 0 Å². The first-order valence-electron chi connectivity index (χ1n) is 13.8. The van der Waals surface area contributed by atoms with Gasteiger partial charge in [0.05, 0.1) is 12.6 Å². The normalized spacial score (nSPS) is 12.8. The first-order valence-corrected chi connectivity index (χ1v) is 13.8. The van der Waals surface area contributed by atoms with Gasteiger partial charge in [-0.05, 0) is 52.9 Å². The Hall–Kier alpha value is -4.81. The van der Waals surface area contributed by atoms with Crippen LogP contribution in [0.1, 0.15) is 44.6 Å². The van der Waals surface area contributed by atoms with Crippen molar-refractivity contribution in [1.82, 2.24) is 10.2 Å². The Kier molecular flexibility index (Phi) is 8.10. The summed E-state index contributed by atoms with van der Waals surface area (Å²) in [4.78, 5) is 15.7. The molecule has 6 nitrogen and oxygen atoms in total. The number of rotatable bonds is 11. The lowest BCUT2D eigenvalue weighted by molar-refractivity contribution is 0.0903. The molecule has 41 heavy (non-hydrogen) atoms. The number of benzene rings is 4. The predicted octanol–water partition coefficient (Wildman–Crippen LogP) is 6.92. The van der Waals surface area contributed by atoms with Crippen molar-refractivity contribution < 1.29 is 18.7 Å². The Bertz CT molecular complexity index is 1570. The van der Waals surface area contributed by atoms with Crippen molar-refractivity contribution in [2.45, 2.75) is 32.1 Å². The van der Waals surface area contributed by atoms with E-state index in [1.807, 2.05) is 84.9 Å². The molecule has 0 spiro atoms. The van der Waals surface area contributed by atoms with Crippen LogP contribution in [-0.4, -0.2) is 17.6 Å². The zero-order valence-corrected chi connectivity index (χ0v) is 22.7. The van der Waals surface area contributed by atoms with Crippen molar-refractivity contribution in [2.75, 3.05) is 6.79 Å². The summed E-state index contributed by atoms with van der Waals surface area (Å²) < 4.78 is 17.2. The number of nitrogens with one attached hydrogen (secondary N) is 1. The van der Waals surface area contributed by atoms with Crippen LogP contribution in [0.3, 0.4) is 0 Å². The van der Waals surface area contributed by atoms with Crippen molar-refractivity contribution in [3.05, 3.63) is 155 Å². The predicted molar refractivity (Wildman–Crippen MR) is 157 cm³/mol. The van der Waals surface area contributed by atoms with Gasteiger partial charge in [-0.1, -0.05) is 97.1 Å². The molecule has 1 amide bonds. The zero-order chi connectivity index (χ0) is 27.9. The van der Waals surface area contributed by atoms with E-state index < -0.39 is 0 Å². The van der Waals surface area contributed by atoms with Crippen molar-refractivity contribution >= 4 is 5.91 Å². The van der Waals surface area contributed by atoms with Crippen LogP contribution in [-0.2, 0) is 26.1 Å². The Morgan fingerprint density at radius 2 is 1.34 bits per heavy atom. The number of nitrogens with zero attached hydrogens (tertiary/aromatic N) is 1. The fraction of sp³-hybridized carbons (Fsp3) is 0.171. The van der Waals surface area contributed by atoms with Gasteiger partial charge < -0.3 is 19.2 Å². The minimum absolute atomic E-state index is 0.180. The highest BCUT2D eigenvalue weighted by Gasteiger charge is 2.20. The third-order valence-electron chi connectivity index (χ3n) is 7.15. The molecule has 5 aromatic rings. The van der Waals surface area contributed by atoms with Gasteiger partial charge in [-0.2, -0.15) is 0 Å². The standard InChI is InChI=1S/C35H32N2O4/c38-35(36-31(29-14-8-3-9-15-29)20-26-10-4-1-5-11-26)33-19-17-30(41-33)24-37(22-27-12-6-2-7-13-27)23-28-16-18-32-34(21-28)40-25-39-32/h1-19,21,31H,20,22-25H2,(H,36,38). The maximum absolute atomic E-state index is 13.4. The van der Waals surface area contributed by atoms with E-state index in [-0.39, 0.29) is 18.7 Å². The van der Waals surface area contributed by atoms with Gasteiger partial charge in [0.25, 0.3) is 5.91 Å². The second-order valence-corrected chi connectivity index (χ2v) is 10.2. The average molecular weight is 545 g/mol. The summed E-state index contributed by atoms with van der Waals surface area (Å²) in [5, 5.41) is 3.20. The number of carbonyl (C=O) groups is 1. The van der Waals surface area contributed by atoms with Crippen molar-refractivity contribution in [2.24, 2.45) is 0 Å². The number of carbonyl (C=O) groups excluding carboxylic acids is 1. The quantitative estimate of drug-likeness (QED) is 0.195. The van der Waals surface area contributed by atoms with E-state index in [2.05, 4.69) is 40.5 Å². The van der Waals surface area contributed by atoms with E-state index in [1.165, 1.54) is 5.56 Å². The average Bonchev–Trinajstić information content (AvgIpc) is 3.68. The summed E-state index contributed by atoms with van der Waals surface area (Å²) in [6.07, 6.45) is 0.685. The Labute approximate surface area is 240 Å². The van der Waals surface area contributed by atoms with E-state index in [1.54, 1.807) is 6.07 Å². The van der Waals surface area contributed by atoms with Gasteiger partial charge in [0.15, 0.2) is 17.3 Å². The van der Waals surface area contributed by atoms with E-state index in [0.717, 1.165) is 40.5 Å². The minimum atomic E-state index is -0.230. The van der Waals surface area contributed by atoms with Gasteiger partial charge in [0, 0.05) is 13.1 Å². The summed E-state index contributed by atoms with van der Waals surface area (Å²) in [5.74, 6) is 2.34. The van der Waals surface area contributed by atoms with Gasteiger partial charge in [0.1, 0.15) is 5.76 Å². The highest BCUT2D eigenvalue weighted by Crippen LogP contribution is 2.33. The smallest absolute Gasteiger partial charge is 0.287 e. The van der Waals surface area contributed by atoms with Gasteiger partial charge in [-0.25, -0.2) is 0 Å². The van der Waals surface area contributed by atoms with Crippen LogP contribution < -0.4 is 14.8 Å². The van der Waals surface area contributed by atoms with Crippen LogP contribution in [0, 0.1) is 0 Å². The second-order valence-electron chi connectivity index (χ2n) is 10.2. The van der Waals surface area contributed by atoms with Crippen LogP contribution in [0.2, 0.25) is 0 Å². The molecule has 1 aliphatic heterocycles. The summed E-state index contributed by atoms with van der Waals surface area (Å²) in [7, 11) is 0. The first kappa shape index (κ1) is 26.4. The molecule has 0 saturated heterocycles. The molecule has 0 fully saturated rings. The molecule has 1 atom stereocenters. The lowest BCUT2D eigenvalue weighted by Crippen LogP contribution is -2.29. The Morgan fingerprint density at radius 3 is 2.10 bits per heavy atom. The summed E-state index contributed by atoms with van der Waals surface area (Å²) in [6, 6.07) is 40.1. The molecule has 6 rings (SSSR count). The highest BCUT2D eigenvalue weighted by molar-refractivity contribution is 5.91. The lowest BCUT2D eigenvalue weighted by atomic mass is 9.99. The molecule has 0 radical (unpaired) electrons. The number of fused-ring (bicyclic) bond motifs is 1. The summed E-state index contributed by atoms with van der Waals surface area (Å²) >= 11 is 0. The lowest BCUT2D eigenvalue weighted by Gasteiger charge is -2.22. The monoisotopic (exact) mass is 544 g/mol. The molecule has 4 aromatic carbocycles. The largest absolute Gasteiger partial charge is 0.455 e. The summed E-state index contributed by atoms with van der Waals surface area (Å²) in [6.45, 7) is 2.20. The van der Waals surface area contributed by atoms with E-state index in [4.69, 9.17) is 13.9 Å². The molecular weight excluding hydrogens is 512 g/mol. The van der Waals surface area contributed by atoms with Gasteiger partial charge in [0.2, 0.25) is 6.79 Å². The number of ether oxygens (including phenoxy) is 2. The molecule has 6 heteroatoms. The third-order valence-corrected chi connectivity index (χ3v) is 7.15. The topological polar surface area (TPSA) is 63.9 Å². The van der Waals surface area contributed by atoms with Crippen molar-refractivity contribution in [1.29, 1.82) is 0 Å². The van der Waals surface area contributed by atoms with Gasteiger partial charge >= 0.3 is 0 Å². The molecule has 2 heterocycles. The third kappa shape index (κ3) is 6.86. The van der Waals surface area contributed by atoms with Crippen LogP contribution in [0.25, 0.3) is 0 Å². The Morgan fingerprint density at radius 1 is 0.683 bits per heavy atom. The van der Waals surface area contributed by atoms with Gasteiger partial charge in [-0.15, -0.1) is 0 Å². The molecular formula is C35H32N2O4. The van der Waals surface area contributed by atoms with Crippen LogP contribution >= 0.6 is 0 Å². The molecule has 0 bridgehead atoms. The van der Waals surface area contributed by atoms with Crippen molar-refractivity contribution in [3.8, 4) is 11.5 Å². The number of hydrogen-bond donors (Lipinski definition) is 1. The SMILES string of the molecule is O=C(NC(Cc1ccccc1)c1ccccc1)c1ccc(CN(Cc2ccccc2)Cc2ccc3c(c2)OCO3)o1. The maximum Gasteiger partial charge on any atom is 0.287 e. The van der Waals surface area contributed by atoms with E-state index in [0.29, 0.717) is 25.3 Å². The summed E-state index contributed by atoms with van der Waals surface area (Å²) in [5.41, 5.74) is 4.52. The molecule has 1 aromatic heterocycles. The zero-order valence-electron chi connectivity index (χ0n) is 22.7. The molecule has 0 aliphatic carbocycles. The Balaban J connectivity index is 1.17. The minimum Gasteiger partial charge on any atom is -0.455 e. The fourth-order valence-corrected chi connectivity index (χ4v) is 5.13. The molecule has 206 valence electrons. The highest BCUT2D eigenvalue weighted by atomic mass is 16.7. The number of hydrogen-bond acceptors (Lipinski definition) is 5. The molecule has 1 unspecified atom stereocenters. The molecule has 0 saturated carbocycles. The van der Waals surface area contributed by atoms with Crippen molar-refractivity contribution in [3.63, 3.8) is 0 Å². The van der Waals surface area contributed by atoms with Crippen LogP contribution in [0.15, 0.2) is 126 Å². The molecule has 1 N–H and O–H groups in total. The number of amides is 1. The fourth-order valence-electron chi connectivity index (χ4n) is 5.13. The van der Waals surface area contributed by atoms with Crippen LogP contribution in [0.4, 0.5) is 0 Å². The number of furan rings is 1. The van der Waals surface area contributed by atoms with Gasteiger partial charge in [-0.3, -0.25) is 9.69 Å². The van der Waals surface area contributed by atoms with E-state index in [9.17, 15) is 4.79 Å². The second kappa shape index (κ2) is 12.6. The maximum atomic E-state index is 13.4.